The Morgan fingerprint density at radius 3 is 2.41 bits per heavy atom. The van der Waals surface area contributed by atoms with Gasteiger partial charge in [0.1, 0.15) is 19.3 Å². The summed E-state index contributed by atoms with van der Waals surface area (Å²) in [5.41, 5.74) is 0. The summed E-state index contributed by atoms with van der Waals surface area (Å²) < 4.78 is 33.0. The molecule has 2 saturated heterocycles. The Balaban J connectivity index is 2.24. The Hall–Kier alpha value is -1.22. The molecule has 2 fully saturated rings. The summed E-state index contributed by atoms with van der Waals surface area (Å²) in [6.07, 6.45) is -2.15. The lowest BCUT2D eigenvalue weighted by Crippen LogP contribution is -2.59. The maximum absolute atomic E-state index is 11.4. The first kappa shape index (κ1) is 17.1. The molecule has 0 aliphatic carbocycles. The highest BCUT2D eigenvalue weighted by Crippen LogP contribution is 2.42. The highest BCUT2D eigenvalue weighted by atomic mass is 16.8. The lowest BCUT2D eigenvalue weighted by atomic mass is 10.0. The van der Waals surface area contributed by atoms with Crippen molar-refractivity contribution in [3.63, 3.8) is 0 Å². The molecule has 0 aromatic heterocycles. The number of methoxy groups -OCH3 is 1. The number of carbonyl (C=O) groups is 2. The summed E-state index contributed by atoms with van der Waals surface area (Å²) in [5, 5.41) is 0. The maximum atomic E-state index is 11.4. The van der Waals surface area contributed by atoms with Crippen molar-refractivity contribution in [2.75, 3.05) is 20.3 Å². The summed E-state index contributed by atoms with van der Waals surface area (Å²) in [6, 6.07) is 0. The van der Waals surface area contributed by atoms with Crippen LogP contribution >= 0.6 is 0 Å². The van der Waals surface area contributed by atoms with Crippen LogP contribution in [0.15, 0.2) is 0 Å². The van der Waals surface area contributed by atoms with E-state index in [4.69, 9.17) is 28.4 Å². The Kier molecular flexibility index (Phi) is 4.76. The molecule has 0 N–H and O–H groups in total. The molecule has 8 nitrogen and oxygen atoms in total. The monoisotopic (exact) mass is 318 g/mol. The molecule has 0 spiro atoms. The number of hydrogen-bond acceptors (Lipinski definition) is 8. The van der Waals surface area contributed by atoms with Crippen LogP contribution in [-0.2, 0) is 38.0 Å². The first-order chi connectivity index (χ1) is 10.2. The van der Waals surface area contributed by atoms with Crippen LogP contribution in [0.2, 0.25) is 0 Å². The van der Waals surface area contributed by atoms with Crippen molar-refractivity contribution < 1.29 is 38.0 Å². The van der Waals surface area contributed by atoms with Gasteiger partial charge in [-0.2, -0.15) is 0 Å². The lowest BCUT2D eigenvalue weighted by molar-refractivity contribution is -0.384. The van der Waals surface area contributed by atoms with Gasteiger partial charge in [0.2, 0.25) is 5.79 Å². The average Bonchev–Trinajstić information content (AvgIpc) is 2.70. The molecule has 0 radical (unpaired) electrons. The van der Waals surface area contributed by atoms with E-state index in [-0.39, 0.29) is 13.2 Å². The molecule has 22 heavy (non-hydrogen) atoms. The first-order valence-corrected chi connectivity index (χ1v) is 7.04. The van der Waals surface area contributed by atoms with Crippen LogP contribution in [0.3, 0.4) is 0 Å². The van der Waals surface area contributed by atoms with Gasteiger partial charge in [0.15, 0.2) is 18.0 Å². The summed E-state index contributed by atoms with van der Waals surface area (Å²) in [4.78, 5) is 22.4. The summed E-state index contributed by atoms with van der Waals surface area (Å²) in [5.74, 6) is -3.02. The molecule has 0 unspecified atom stereocenters. The minimum Gasteiger partial charge on any atom is -0.463 e. The van der Waals surface area contributed by atoms with Crippen LogP contribution in [0, 0.1) is 0 Å². The van der Waals surface area contributed by atoms with E-state index in [1.54, 1.807) is 13.8 Å². The fraction of sp³-hybridized carbons (Fsp3) is 0.857. The molecule has 2 aliphatic heterocycles. The van der Waals surface area contributed by atoms with Gasteiger partial charge in [0.05, 0.1) is 0 Å². The molecular weight excluding hydrogens is 296 g/mol. The van der Waals surface area contributed by atoms with Gasteiger partial charge in [-0.25, -0.2) is 0 Å². The van der Waals surface area contributed by atoms with Gasteiger partial charge in [-0.1, -0.05) is 0 Å². The van der Waals surface area contributed by atoms with Crippen molar-refractivity contribution in [3.8, 4) is 0 Å². The number of ether oxygens (including phenoxy) is 6. The van der Waals surface area contributed by atoms with E-state index in [2.05, 4.69) is 0 Å². The normalized spacial score (nSPS) is 36.5. The van der Waals surface area contributed by atoms with Crippen molar-refractivity contribution in [2.45, 2.75) is 57.6 Å². The van der Waals surface area contributed by atoms with Crippen LogP contribution in [0.1, 0.15) is 27.7 Å². The second kappa shape index (κ2) is 6.11. The van der Waals surface area contributed by atoms with Crippen molar-refractivity contribution in [1.29, 1.82) is 0 Å². The van der Waals surface area contributed by atoms with Crippen molar-refractivity contribution >= 4 is 11.9 Å². The molecule has 0 aromatic rings. The van der Waals surface area contributed by atoms with E-state index < -0.39 is 41.8 Å². The Labute approximate surface area is 128 Å². The lowest BCUT2D eigenvalue weighted by Gasteiger charge is -2.44. The molecule has 2 heterocycles. The third kappa shape index (κ3) is 3.40. The van der Waals surface area contributed by atoms with Gasteiger partial charge in [0.25, 0.3) is 0 Å². The molecule has 0 aromatic carbocycles. The van der Waals surface area contributed by atoms with E-state index in [1.807, 2.05) is 0 Å². The minimum atomic E-state index is -1.21. The van der Waals surface area contributed by atoms with Crippen molar-refractivity contribution in [2.24, 2.45) is 0 Å². The third-order valence-corrected chi connectivity index (χ3v) is 3.58. The Morgan fingerprint density at radius 1 is 1.18 bits per heavy atom. The minimum absolute atomic E-state index is 0.0708. The fourth-order valence-corrected chi connectivity index (χ4v) is 2.60. The Morgan fingerprint density at radius 2 is 1.86 bits per heavy atom. The highest BCUT2D eigenvalue weighted by Gasteiger charge is 2.63. The van der Waals surface area contributed by atoms with E-state index in [9.17, 15) is 9.59 Å². The average molecular weight is 318 g/mol. The number of fused-ring (bicyclic) bond motifs is 1. The van der Waals surface area contributed by atoms with Gasteiger partial charge in [-0.3, -0.25) is 9.59 Å². The van der Waals surface area contributed by atoms with Gasteiger partial charge in [-0.05, 0) is 13.8 Å². The molecule has 0 amide bonds. The number of hydrogen-bond donors (Lipinski definition) is 0. The van der Waals surface area contributed by atoms with Crippen LogP contribution in [0.4, 0.5) is 0 Å². The molecule has 126 valence electrons. The molecule has 0 bridgehead atoms. The summed E-state index contributed by atoms with van der Waals surface area (Å²) in [6.45, 7) is 6.11. The van der Waals surface area contributed by atoms with E-state index in [1.165, 1.54) is 21.0 Å². The zero-order chi connectivity index (χ0) is 16.5. The maximum Gasteiger partial charge on any atom is 0.303 e. The smallest absolute Gasteiger partial charge is 0.303 e. The van der Waals surface area contributed by atoms with E-state index in [0.29, 0.717) is 0 Å². The molecule has 4 atom stereocenters. The first-order valence-electron chi connectivity index (χ1n) is 7.04. The van der Waals surface area contributed by atoms with Gasteiger partial charge < -0.3 is 28.4 Å². The number of rotatable bonds is 4. The quantitative estimate of drug-likeness (QED) is 0.687. The standard InChI is InChI=1S/C14H22O8/c1-8(15)18-6-10-11(20-9(2)16)12-14(17-5,21-10)7-19-13(3,4)22-12/h10-12H,6-7H2,1-5H3/t10-,11-,12+,14+/m1/s1. The molecule has 2 rings (SSSR count). The van der Waals surface area contributed by atoms with Gasteiger partial charge in [0, 0.05) is 21.0 Å². The second-order valence-corrected chi connectivity index (χ2v) is 5.78. The van der Waals surface area contributed by atoms with E-state index in [0.717, 1.165) is 0 Å². The summed E-state index contributed by atoms with van der Waals surface area (Å²) >= 11 is 0. The van der Waals surface area contributed by atoms with Gasteiger partial charge in [-0.15, -0.1) is 0 Å². The SMILES string of the molecule is CO[C@]12COC(C)(C)O[C@H]1[C@H](OC(C)=O)[C@@H](COC(C)=O)O2. The number of carbonyl (C=O) groups excluding carboxylic acids is 2. The summed E-state index contributed by atoms with van der Waals surface area (Å²) in [7, 11) is 1.46. The van der Waals surface area contributed by atoms with Crippen molar-refractivity contribution in [3.05, 3.63) is 0 Å². The zero-order valence-corrected chi connectivity index (χ0v) is 13.4. The van der Waals surface area contributed by atoms with Crippen LogP contribution in [0.5, 0.6) is 0 Å². The molecule has 0 saturated carbocycles. The predicted octanol–water partition coefficient (Wildman–Crippen LogP) is 0.374. The zero-order valence-electron chi connectivity index (χ0n) is 13.4. The topological polar surface area (TPSA) is 89.5 Å². The molecular formula is C14H22O8. The molecule has 8 heteroatoms. The van der Waals surface area contributed by atoms with Crippen LogP contribution in [-0.4, -0.2) is 62.1 Å². The second-order valence-electron chi connectivity index (χ2n) is 5.78. The molecule has 2 aliphatic rings. The van der Waals surface area contributed by atoms with Crippen LogP contribution < -0.4 is 0 Å². The van der Waals surface area contributed by atoms with Gasteiger partial charge >= 0.3 is 11.9 Å². The third-order valence-electron chi connectivity index (χ3n) is 3.58. The fourth-order valence-electron chi connectivity index (χ4n) is 2.60. The van der Waals surface area contributed by atoms with Crippen LogP contribution in [0.25, 0.3) is 0 Å². The predicted molar refractivity (Wildman–Crippen MR) is 71.7 cm³/mol. The van der Waals surface area contributed by atoms with E-state index >= 15 is 0 Å². The number of esters is 2. The highest BCUT2D eigenvalue weighted by molar-refractivity contribution is 5.66. The largest absolute Gasteiger partial charge is 0.463 e. The Bertz CT molecular complexity index is 448. The van der Waals surface area contributed by atoms with Crippen molar-refractivity contribution in [1.82, 2.24) is 0 Å².